The molecule has 3 rings (SSSR count). The SMILES string of the molecule is CC(NC(=O)c1ccc(S(=O)(=O)N2CCCCC2C)cc1)c1ccccc1. The number of nitrogens with one attached hydrogen (secondary N) is 1. The van der Waals surface area contributed by atoms with E-state index in [0.717, 1.165) is 24.8 Å². The van der Waals surface area contributed by atoms with Gasteiger partial charge >= 0.3 is 0 Å². The van der Waals surface area contributed by atoms with Gasteiger partial charge in [-0.25, -0.2) is 8.42 Å². The summed E-state index contributed by atoms with van der Waals surface area (Å²) in [6.45, 7) is 4.42. The minimum absolute atomic E-state index is 0.0125. The summed E-state index contributed by atoms with van der Waals surface area (Å²) in [4.78, 5) is 12.7. The van der Waals surface area contributed by atoms with Gasteiger partial charge in [0.1, 0.15) is 0 Å². The van der Waals surface area contributed by atoms with Crippen LogP contribution in [0, 0.1) is 0 Å². The number of carbonyl (C=O) groups is 1. The third-order valence-electron chi connectivity index (χ3n) is 5.11. The van der Waals surface area contributed by atoms with Gasteiger partial charge in [-0.05, 0) is 56.5 Å². The first kappa shape index (κ1) is 19.6. The maximum Gasteiger partial charge on any atom is 0.251 e. The highest BCUT2D eigenvalue weighted by Gasteiger charge is 2.30. The maximum absolute atomic E-state index is 12.9. The maximum atomic E-state index is 12.9. The summed E-state index contributed by atoms with van der Waals surface area (Å²) in [5, 5.41) is 2.94. The summed E-state index contributed by atoms with van der Waals surface area (Å²) < 4.78 is 27.3. The van der Waals surface area contributed by atoms with Crippen molar-refractivity contribution in [3.63, 3.8) is 0 Å². The molecule has 0 aliphatic carbocycles. The highest BCUT2D eigenvalue weighted by Crippen LogP contribution is 2.25. The van der Waals surface area contributed by atoms with Crippen LogP contribution >= 0.6 is 0 Å². The van der Waals surface area contributed by atoms with Crippen molar-refractivity contribution < 1.29 is 13.2 Å². The average Bonchev–Trinajstić information content (AvgIpc) is 2.69. The molecule has 1 heterocycles. The normalized spacial score (nSPS) is 19.4. The summed E-state index contributed by atoms with van der Waals surface area (Å²) in [7, 11) is -3.52. The predicted molar refractivity (Wildman–Crippen MR) is 106 cm³/mol. The molecule has 1 aliphatic rings. The van der Waals surface area contributed by atoms with Crippen molar-refractivity contribution in [2.24, 2.45) is 0 Å². The van der Waals surface area contributed by atoms with Gasteiger partial charge in [0.2, 0.25) is 10.0 Å². The van der Waals surface area contributed by atoms with Crippen molar-refractivity contribution in [3.8, 4) is 0 Å². The molecule has 2 unspecified atom stereocenters. The van der Waals surface area contributed by atoms with E-state index in [2.05, 4.69) is 5.32 Å². The van der Waals surface area contributed by atoms with Crippen LogP contribution in [0.15, 0.2) is 59.5 Å². The van der Waals surface area contributed by atoms with Crippen molar-refractivity contribution in [2.45, 2.75) is 50.1 Å². The lowest BCUT2D eigenvalue weighted by Crippen LogP contribution is -2.41. The van der Waals surface area contributed by atoms with Gasteiger partial charge in [-0.15, -0.1) is 0 Å². The standard InChI is InChI=1S/C21H26N2O3S/c1-16-8-6-7-15-23(16)27(25,26)20-13-11-19(12-14-20)21(24)22-17(2)18-9-4-3-5-10-18/h3-5,9-14,16-17H,6-8,15H2,1-2H3,(H,22,24). The Kier molecular flexibility index (Phi) is 5.97. The van der Waals surface area contributed by atoms with Gasteiger partial charge in [0.25, 0.3) is 5.91 Å². The molecule has 1 N–H and O–H groups in total. The zero-order chi connectivity index (χ0) is 19.4. The van der Waals surface area contributed by atoms with E-state index in [9.17, 15) is 13.2 Å². The van der Waals surface area contributed by atoms with E-state index in [1.807, 2.05) is 44.2 Å². The minimum Gasteiger partial charge on any atom is -0.346 e. The summed E-state index contributed by atoms with van der Waals surface area (Å²) in [6.07, 6.45) is 2.84. The van der Waals surface area contributed by atoms with Crippen LogP contribution in [0.3, 0.4) is 0 Å². The highest BCUT2D eigenvalue weighted by molar-refractivity contribution is 7.89. The molecule has 1 aliphatic heterocycles. The summed E-state index contributed by atoms with van der Waals surface area (Å²) in [6, 6.07) is 15.8. The molecule has 1 amide bonds. The average molecular weight is 387 g/mol. The number of benzene rings is 2. The first-order valence-corrected chi connectivity index (χ1v) is 10.8. The van der Waals surface area contributed by atoms with Crippen LogP contribution < -0.4 is 5.32 Å². The number of hydrogen-bond acceptors (Lipinski definition) is 3. The Balaban J connectivity index is 1.72. The van der Waals surface area contributed by atoms with Crippen LogP contribution in [0.4, 0.5) is 0 Å². The molecule has 1 fully saturated rings. The Morgan fingerprint density at radius 1 is 1.07 bits per heavy atom. The highest BCUT2D eigenvalue weighted by atomic mass is 32.2. The monoisotopic (exact) mass is 386 g/mol. The van der Waals surface area contributed by atoms with Gasteiger partial charge in [0, 0.05) is 18.2 Å². The van der Waals surface area contributed by atoms with Crippen molar-refractivity contribution in [1.82, 2.24) is 9.62 Å². The Morgan fingerprint density at radius 3 is 2.37 bits per heavy atom. The van der Waals surface area contributed by atoms with Crippen LogP contribution in [0.2, 0.25) is 0 Å². The molecule has 0 aromatic heterocycles. The van der Waals surface area contributed by atoms with Gasteiger partial charge in [0.15, 0.2) is 0 Å². The molecule has 2 aromatic rings. The third-order valence-corrected chi connectivity index (χ3v) is 7.14. The fraction of sp³-hybridized carbons (Fsp3) is 0.381. The van der Waals surface area contributed by atoms with Crippen LogP contribution in [-0.4, -0.2) is 31.2 Å². The lowest BCUT2D eigenvalue weighted by Gasteiger charge is -2.32. The first-order chi connectivity index (χ1) is 12.9. The zero-order valence-electron chi connectivity index (χ0n) is 15.8. The van der Waals surface area contributed by atoms with Gasteiger partial charge in [-0.3, -0.25) is 4.79 Å². The smallest absolute Gasteiger partial charge is 0.251 e. The summed E-state index contributed by atoms with van der Waals surface area (Å²) >= 11 is 0. The van der Waals surface area contributed by atoms with E-state index in [4.69, 9.17) is 0 Å². The van der Waals surface area contributed by atoms with E-state index in [1.165, 1.54) is 12.1 Å². The first-order valence-electron chi connectivity index (χ1n) is 9.37. The van der Waals surface area contributed by atoms with E-state index < -0.39 is 10.0 Å². The number of piperidine rings is 1. The molecule has 144 valence electrons. The van der Waals surface area contributed by atoms with E-state index in [1.54, 1.807) is 16.4 Å². The molecular formula is C21H26N2O3S. The number of amides is 1. The molecule has 0 spiro atoms. The van der Waals surface area contributed by atoms with Crippen molar-refractivity contribution in [2.75, 3.05) is 6.54 Å². The molecule has 27 heavy (non-hydrogen) atoms. The summed E-state index contributed by atoms with van der Waals surface area (Å²) in [5.74, 6) is -0.221. The van der Waals surface area contributed by atoms with Crippen molar-refractivity contribution >= 4 is 15.9 Å². The molecule has 5 nitrogen and oxygen atoms in total. The Labute approximate surface area is 161 Å². The number of hydrogen-bond donors (Lipinski definition) is 1. The van der Waals surface area contributed by atoms with Crippen LogP contribution in [-0.2, 0) is 10.0 Å². The van der Waals surface area contributed by atoms with Gasteiger partial charge < -0.3 is 5.32 Å². The number of sulfonamides is 1. The second kappa shape index (κ2) is 8.23. The van der Waals surface area contributed by atoms with Crippen LogP contribution in [0.1, 0.15) is 55.1 Å². The third kappa shape index (κ3) is 4.39. The molecule has 1 saturated heterocycles. The van der Waals surface area contributed by atoms with Gasteiger partial charge in [-0.2, -0.15) is 4.31 Å². The Bertz CT molecular complexity index is 879. The predicted octanol–water partition coefficient (Wildman–Crippen LogP) is 3.74. The number of nitrogens with zero attached hydrogens (tertiary/aromatic N) is 1. The second-order valence-corrected chi connectivity index (χ2v) is 8.98. The van der Waals surface area contributed by atoms with Crippen molar-refractivity contribution in [1.29, 1.82) is 0 Å². The van der Waals surface area contributed by atoms with Gasteiger partial charge in [0.05, 0.1) is 10.9 Å². The fourth-order valence-corrected chi connectivity index (χ4v) is 5.15. The molecular weight excluding hydrogens is 360 g/mol. The lowest BCUT2D eigenvalue weighted by atomic mass is 10.1. The molecule has 6 heteroatoms. The van der Waals surface area contributed by atoms with E-state index >= 15 is 0 Å². The number of carbonyl (C=O) groups excluding carboxylic acids is 1. The van der Waals surface area contributed by atoms with E-state index in [-0.39, 0.29) is 22.9 Å². The minimum atomic E-state index is -3.52. The largest absolute Gasteiger partial charge is 0.346 e. The van der Waals surface area contributed by atoms with Crippen LogP contribution in [0.5, 0.6) is 0 Å². The Morgan fingerprint density at radius 2 is 1.74 bits per heavy atom. The molecule has 0 saturated carbocycles. The van der Waals surface area contributed by atoms with Crippen molar-refractivity contribution in [3.05, 3.63) is 65.7 Å². The summed E-state index contributed by atoms with van der Waals surface area (Å²) in [5.41, 5.74) is 1.47. The lowest BCUT2D eigenvalue weighted by molar-refractivity contribution is 0.0939. The molecule has 0 radical (unpaired) electrons. The van der Waals surface area contributed by atoms with E-state index in [0.29, 0.717) is 12.1 Å². The number of rotatable bonds is 5. The topological polar surface area (TPSA) is 66.5 Å². The second-order valence-electron chi connectivity index (χ2n) is 7.09. The quantitative estimate of drug-likeness (QED) is 0.851. The fourth-order valence-electron chi connectivity index (χ4n) is 3.45. The molecule has 2 atom stereocenters. The molecule has 2 aromatic carbocycles. The molecule has 0 bridgehead atoms. The van der Waals surface area contributed by atoms with Gasteiger partial charge in [-0.1, -0.05) is 36.8 Å². The zero-order valence-corrected chi connectivity index (χ0v) is 16.6. The van der Waals surface area contributed by atoms with Crippen LogP contribution in [0.25, 0.3) is 0 Å². The Hall–Kier alpha value is -2.18.